The van der Waals surface area contributed by atoms with Crippen LogP contribution in [0.25, 0.3) is 22.2 Å². The van der Waals surface area contributed by atoms with Crippen LogP contribution in [0.15, 0.2) is 53.6 Å². The van der Waals surface area contributed by atoms with Crippen LogP contribution < -0.4 is 15.9 Å². The second-order valence-corrected chi connectivity index (χ2v) is 18.8. The third kappa shape index (κ3) is 8.41. The molecule has 10 rings (SSSR count). The first-order valence-electron chi connectivity index (χ1n) is 23.6. The van der Waals surface area contributed by atoms with Crippen molar-refractivity contribution in [1.82, 2.24) is 48.7 Å². The van der Waals surface area contributed by atoms with E-state index in [1.807, 2.05) is 39.8 Å². The molecule has 3 aromatic heterocycles. The lowest BCUT2D eigenvalue weighted by Crippen LogP contribution is -2.44. The van der Waals surface area contributed by atoms with E-state index in [1.165, 1.54) is 0 Å². The van der Waals surface area contributed by atoms with Gasteiger partial charge in [0.15, 0.2) is 5.82 Å². The molecule has 1 N–H and O–H groups in total. The Kier molecular flexibility index (Phi) is 11.9. The molecular formula is C48H59F2N11O4. The van der Waals surface area contributed by atoms with Gasteiger partial charge in [0.1, 0.15) is 6.04 Å². The Morgan fingerprint density at radius 1 is 0.892 bits per heavy atom. The molecule has 0 bridgehead atoms. The van der Waals surface area contributed by atoms with Gasteiger partial charge in [0.25, 0.3) is 6.43 Å². The van der Waals surface area contributed by atoms with Crippen molar-refractivity contribution in [3.8, 4) is 11.1 Å². The molecule has 65 heavy (non-hydrogen) atoms. The number of rotatable bonds is 11. The predicted octanol–water partition coefficient (Wildman–Crippen LogP) is 5.74. The number of piperidine rings is 3. The van der Waals surface area contributed by atoms with Gasteiger partial charge in [-0.3, -0.25) is 38.2 Å². The van der Waals surface area contributed by atoms with Crippen LogP contribution in [0.5, 0.6) is 0 Å². The number of imidazole rings is 1. The molecule has 3 saturated heterocycles. The van der Waals surface area contributed by atoms with Gasteiger partial charge < -0.3 is 19.6 Å². The number of fused-ring (bicyclic) bond motifs is 3. The van der Waals surface area contributed by atoms with E-state index in [1.54, 1.807) is 41.7 Å². The average Bonchev–Trinajstić information content (AvgIpc) is 3.99. The lowest BCUT2D eigenvalue weighted by atomic mass is 9.92. The van der Waals surface area contributed by atoms with Crippen molar-refractivity contribution in [2.45, 2.75) is 103 Å². The molecule has 0 radical (unpaired) electrons. The SMILES string of the molecule is CC(=O)N1CCc2c(c(N3CCCc4cc(-c5cnn(C)c5)c(C(F)F)cc43)nn2C2CCN(CCCN3CCC(Cn4c(=O)n(C5CCC(=O)NC5=O)c5ccccc54)CC3)CC2)C1. The van der Waals surface area contributed by atoms with E-state index in [-0.39, 0.29) is 35.5 Å². The molecule has 8 heterocycles. The van der Waals surface area contributed by atoms with Crippen molar-refractivity contribution in [1.29, 1.82) is 0 Å². The average molecular weight is 892 g/mol. The monoisotopic (exact) mass is 891 g/mol. The highest BCUT2D eigenvalue weighted by Gasteiger charge is 2.36. The van der Waals surface area contributed by atoms with Crippen molar-refractivity contribution in [3.05, 3.63) is 81.7 Å². The van der Waals surface area contributed by atoms with Crippen LogP contribution in [0, 0.1) is 5.92 Å². The first kappa shape index (κ1) is 43.2. The van der Waals surface area contributed by atoms with Gasteiger partial charge >= 0.3 is 5.69 Å². The van der Waals surface area contributed by atoms with Crippen molar-refractivity contribution in [2.24, 2.45) is 13.0 Å². The molecule has 17 heteroatoms. The largest absolute Gasteiger partial charge is 0.338 e. The van der Waals surface area contributed by atoms with Crippen LogP contribution >= 0.6 is 0 Å². The molecule has 0 saturated carbocycles. The van der Waals surface area contributed by atoms with E-state index >= 15 is 0 Å². The Bertz CT molecular complexity index is 2670. The molecule has 5 aromatic rings. The van der Waals surface area contributed by atoms with Crippen LogP contribution in [-0.4, -0.2) is 113 Å². The summed E-state index contributed by atoms with van der Waals surface area (Å²) in [4.78, 5) is 60.2. The number of aromatic nitrogens is 6. The lowest BCUT2D eigenvalue weighted by molar-refractivity contribution is -0.135. The summed E-state index contributed by atoms with van der Waals surface area (Å²) in [6.07, 6.45) is 8.68. The minimum Gasteiger partial charge on any atom is -0.338 e. The molecule has 15 nitrogen and oxygen atoms in total. The van der Waals surface area contributed by atoms with E-state index in [4.69, 9.17) is 5.10 Å². The first-order chi connectivity index (χ1) is 31.5. The molecule has 1 unspecified atom stereocenters. The smallest absolute Gasteiger partial charge is 0.329 e. The van der Waals surface area contributed by atoms with Gasteiger partial charge in [-0.1, -0.05) is 12.1 Å². The maximum absolute atomic E-state index is 14.7. The number of imide groups is 1. The van der Waals surface area contributed by atoms with E-state index in [2.05, 4.69) is 29.8 Å². The number of aryl methyl sites for hydroxylation is 2. The van der Waals surface area contributed by atoms with Gasteiger partial charge in [-0.25, -0.2) is 13.6 Å². The third-order valence-corrected chi connectivity index (χ3v) is 14.8. The standard InChI is InChI=1S/C48H59F2N11O4/c1-31(62)57-24-16-39-38(30-57)46(58-19-5-7-33-25-36(34-27-51-54(2)29-34)37(45(49)50)26-43(33)58)53-61(39)35-14-22-56(23-15-35)18-6-17-55-20-12-32(13-21-55)28-59-40-8-3-4-9-41(40)60(48(59)65)42-10-11-44(63)52-47(42)64/h3-4,8-9,25-27,29,32,35,42,45H,5-7,10-24,28,30H2,1-2H3,(H,52,63,64). The first-order valence-corrected chi connectivity index (χ1v) is 23.6. The van der Waals surface area contributed by atoms with Crippen molar-refractivity contribution in [3.63, 3.8) is 0 Å². The summed E-state index contributed by atoms with van der Waals surface area (Å²) in [7, 11) is 1.79. The molecule has 5 aliphatic heterocycles. The minimum atomic E-state index is -2.66. The van der Waals surface area contributed by atoms with Crippen LogP contribution in [0.3, 0.4) is 0 Å². The predicted molar refractivity (Wildman–Crippen MR) is 242 cm³/mol. The Balaban J connectivity index is 0.765. The van der Waals surface area contributed by atoms with Gasteiger partial charge in [-0.05, 0) is 119 Å². The summed E-state index contributed by atoms with van der Waals surface area (Å²) in [6.45, 7) is 9.94. The molecule has 0 spiro atoms. The Hall–Kier alpha value is -5.68. The summed E-state index contributed by atoms with van der Waals surface area (Å²) >= 11 is 0. The van der Waals surface area contributed by atoms with Gasteiger partial charge in [0.2, 0.25) is 17.7 Å². The van der Waals surface area contributed by atoms with Crippen LogP contribution in [0.1, 0.15) is 99.2 Å². The number of hydrogen-bond acceptors (Lipinski definition) is 9. The number of hydrogen-bond donors (Lipinski definition) is 1. The highest BCUT2D eigenvalue weighted by Crippen LogP contribution is 2.44. The number of likely N-dealkylation sites (tertiary alicyclic amines) is 2. The van der Waals surface area contributed by atoms with Gasteiger partial charge in [-0.2, -0.15) is 10.2 Å². The summed E-state index contributed by atoms with van der Waals surface area (Å²) in [5, 5.41) is 12.0. The van der Waals surface area contributed by atoms with E-state index in [0.717, 1.165) is 124 Å². The fraction of sp³-hybridized carbons (Fsp3) is 0.542. The fourth-order valence-corrected chi connectivity index (χ4v) is 11.3. The number of amides is 3. The Morgan fingerprint density at radius 3 is 2.32 bits per heavy atom. The zero-order valence-electron chi connectivity index (χ0n) is 37.4. The fourth-order valence-electron chi connectivity index (χ4n) is 11.3. The van der Waals surface area contributed by atoms with Gasteiger partial charge in [-0.15, -0.1) is 0 Å². The van der Waals surface area contributed by atoms with Crippen molar-refractivity contribution < 1.29 is 23.2 Å². The van der Waals surface area contributed by atoms with Crippen LogP contribution in [0.2, 0.25) is 0 Å². The van der Waals surface area contributed by atoms with E-state index in [9.17, 15) is 28.0 Å². The van der Waals surface area contributed by atoms with Crippen LogP contribution in [0.4, 0.5) is 20.3 Å². The molecule has 0 aliphatic carbocycles. The summed E-state index contributed by atoms with van der Waals surface area (Å²) < 4.78 is 36.8. The second-order valence-electron chi connectivity index (χ2n) is 18.8. The molecule has 3 fully saturated rings. The molecular weight excluding hydrogens is 833 g/mol. The zero-order chi connectivity index (χ0) is 44.9. The lowest BCUT2D eigenvalue weighted by Gasteiger charge is -2.35. The zero-order valence-corrected chi connectivity index (χ0v) is 37.4. The molecule has 5 aliphatic rings. The van der Waals surface area contributed by atoms with Crippen LogP contribution in [-0.2, 0) is 47.4 Å². The number of benzene rings is 2. The number of carbonyl (C=O) groups is 3. The quantitative estimate of drug-likeness (QED) is 0.165. The van der Waals surface area contributed by atoms with Crippen molar-refractivity contribution >= 4 is 40.3 Å². The van der Waals surface area contributed by atoms with Crippen molar-refractivity contribution in [2.75, 3.05) is 57.3 Å². The second kappa shape index (κ2) is 17.9. The number of para-hydroxylation sites is 2. The van der Waals surface area contributed by atoms with Gasteiger partial charge in [0, 0.05) is 93.8 Å². The van der Waals surface area contributed by atoms with Gasteiger partial charge in [0.05, 0.1) is 29.8 Å². The third-order valence-electron chi connectivity index (χ3n) is 14.8. The number of halogens is 2. The number of nitrogens with one attached hydrogen (secondary N) is 1. The number of carbonyl (C=O) groups excluding carboxylic acids is 3. The number of anilines is 2. The molecule has 1 atom stereocenters. The Morgan fingerprint density at radius 2 is 1.63 bits per heavy atom. The maximum atomic E-state index is 14.7. The highest BCUT2D eigenvalue weighted by molar-refractivity contribution is 6.00. The molecule has 3 amide bonds. The number of nitrogens with zero attached hydrogens (tertiary/aromatic N) is 10. The number of alkyl halides is 2. The highest BCUT2D eigenvalue weighted by atomic mass is 19.3. The summed E-state index contributed by atoms with van der Waals surface area (Å²) in [6, 6.07) is 10.8. The summed E-state index contributed by atoms with van der Waals surface area (Å²) in [5.41, 5.74) is 6.55. The summed E-state index contributed by atoms with van der Waals surface area (Å²) in [5.74, 6) is 0.464. The maximum Gasteiger partial charge on any atom is 0.329 e. The minimum absolute atomic E-state index is 0.0116. The van der Waals surface area contributed by atoms with E-state index < -0.39 is 18.4 Å². The molecule has 344 valence electrons. The topological polar surface area (TPSA) is 139 Å². The molecule has 2 aromatic carbocycles. The normalized spacial score (nSPS) is 20.5. The van der Waals surface area contributed by atoms with E-state index in [0.29, 0.717) is 56.1 Å². The Labute approximate surface area is 376 Å².